The van der Waals surface area contributed by atoms with Crippen molar-refractivity contribution >= 4 is 11.4 Å². The van der Waals surface area contributed by atoms with Gasteiger partial charge in [-0.05, 0) is 26.0 Å². The summed E-state index contributed by atoms with van der Waals surface area (Å²) < 4.78 is 13.5. The second-order valence-electron chi connectivity index (χ2n) is 4.06. The summed E-state index contributed by atoms with van der Waals surface area (Å²) in [4.78, 5) is 11.8. The Labute approximate surface area is 105 Å². The van der Waals surface area contributed by atoms with Crippen LogP contribution in [0.2, 0.25) is 0 Å². The lowest BCUT2D eigenvalue weighted by atomic mass is 10.2. The highest BCUT2D eigenvalue weighted by molar-refractivity contribution is 5.64. The quantitative estimate of drug-likeness (QED) is 0.596. The van der Waals surface area contributed by atoms with E-state index in [1.165, 1.54) is 12.1 Å². The van der Waals surface area contributed by atoms with Gasteiger partial charge in [0.05, 0.1) is 17.4 Å². The molecule has 0 aromatic heterocycles. The highest BCUT2D eigenvalue weighted by atomic mass is 19.1. The molecule has 0 atom stereocenters. The first-order valence-corrected chi connectivity index (χ1v) is 5.55. The number of hydrogen-bond acceptors (Lipinski definition) is 4. The monoisotopic (exact) mass is 251 g/mol. The molecule has 0 spiro atoms. The lowest BCUT2D eigenvalue weighted by Crippen LogP contribution is -2.32. The van der Waals surface area contributed by atoms with Crippen LogP contribution < -0.4 is 4.90 Å². The van der Waals surface area contributed by atoms with Crippen LogP contribution in [0.1, 0.15) is 20.3 Å². The van der Waals surface area contributed by atoms with Gasteiger partial charge in [-0.15, -0.1) is 0 Å². The van der Waals surface area contributed by atoms with E-state index < -0.39 is 16.4 Å². The van der Waals surface area contributed by atoms with Crippen LogP contribution in [0.25, 0.3) is 0 Å². The number of hydrogen-bond donors (Lipinski definition) is 0. The standard InChI is InChI=1S/C12H14FN3O2/c1-9(2)15(8-4-7-14)11-6-3-5-10(13)12(11)16(17)18/h3,5-6,9H,4,8H2,1-2H3. The van der Waals surface area contributed by atoms with E-state index in [2.05, 4.69) is 0 Å². The fourth-order valence-electron chi connectivity index (χ4n) is 1.74. The van der Waals surface area contributed by atoms with E-state index in [9.17, 15) is 14.5 Å². The molecule has 6 heteroatoms. The Morgan fingerprint density at radius 1 is 1.56 bits per heavy atom. The minimum atomic E-state index is -0.861. The van der Waals surface area contributed by atoms with Gasteiger partial charge in [0.15, 0.2) is 0 Å². The normalized spacial score (nSPS) is 10.2. The molecule has 0 aliphatic carbocycles. The van der Waals surface area contributed by atoms with Crippen LogP contribution in [-0.2, 0) is 0 Å². The molecule has 0 N–H and O–H groups in total. The Balaban J connectivity index is 3.24. The average Bonchev–Trinajstić information content (AvgIpc) is 2.28. The predicted octanol–water partition coefficient (Wildman–Crippen LogP) is 2.86. The molecular weight excluding hydrogens is 237 g/mol. The number of halogens is 1. The maximum Gasteiger partial charge on any atom is 0.327 e. The maximum absolute atomic E-state index is 13.5. The fraction of sp³-hybridized carbons (Fsp3) is 0.417. The lowest BCUT2D eigenvalue weighted by molar-refractivity contribution is -0.386. The van der Waals surface area contributed by atoms with Crippen molar-refractivity contribution in [3.05, 3.63) is 34.1 Å². The Hall–Kier alpha value is -2.16. The van der Waals surface area contributed by atoms with Gasteiger partial charge in [0, 0.05) is 12.6 Å². The lowest BCUT2D eigenvalue weighted by Gasteiger charge is -2.27. The summed E-state index contributed by atoms with van der Waals surface area (Å²) in [5, 5.41) is 19.5. The fourth-order valence-corrected chi connectivity index (χ4v) is 1.74. The zero-order valence-electron chi connectivity index (χ0n) is 10.3. The van der Waals surface area contributed by atoms with Crippen LogP contribution in [0.3, 0.4) is 0 Å². The molecule has 96 valence electrons. The molecule has 0 aliphatic heterocycles. The Kier molecular flexibility index (Phi) is 4.60. The first-order chi connectivity index (χ1) is 8.49. The number of nitro groups is 1. The molecule has 1 aromatic carbocycles. The van der Waals surface area contributed by atoms with Crippen molar-refractivity contribution in [1.29, 1.82) is 5.26 Å². The van der Waals surface area contributed by atoms with Crippen LogP contribution >= 0.6 is 0 Å². The van der Waals surface area contributed by atoms with E-state index in [1.807, 2.05) is 19.9 Å². The van der Waals surface area contributed by atoms with Gasteiger partial charge in [0.25, 0.3) is 0 Å². The molecule has 0 saturated carbocycles. The van der Waals surface area contributed by atoms with Crippen molar-refractivity contribution in [3.8, 4) is 6.07 Å². The largest absolute Gasteiger partial charge is 0.362 e. The van der Waals surface area contributed by atoms with Gasteiger partial charge < -0.3 is 4.90 Å². The Bertz CT molecular complexity index is 483. The second-order valence-corrected chi connectivity index (χ2v) is 4.06. The van der Waals surface area contributed by atoms with Gasteiger partial charge in [-0.2, -0.15) is 9.65 Å². The van der Waals surface area contributed by atoms with Crippen molar-refractivity contribution in [2.45, 2.75) is 26.3 Å². The molecular formula is C12H14FN3O2. The van der Waals surface area contributed by atoms with Gasteiger partial charge in [-0.3, -0.25) is 10.1 Å². The summed E-state index contributed by atoms with van der Waals surface area (Å²) in [6.45, 7) is 4.01. The third-order valence-corrected chi connectivity index (χ3v) is 2.55. The van der Waals surface area contributed by atoms with Crippen LogP contribution in [-0.4, -0.2) is 17.5 Å². The summed E-state index contributed by atoms with van der Waals surface area (Å²) in [5.74, 6) is -0.861. The van der Waals surface area contributed by atoms with E-state index in [0.29, 0.717) is 6.54 Å². The number of nitro benzene ring substituents is 1. The van der Waals surface area contributed by atoms with Gasteiger partial charge in [0.2, 0.25) is 5.82 Å². The molecule has 5 nitrogen and oxygen atoms in total. The number of benzene rings is 1. The first-order valence-electron chi connectivity index (χ1n) is 5.55. The molecule has 0 amide bonds. The SMILES string of the molecule is CC(C)N(CCC#N)c1cccc(F)c1[N+](=O)[O-]. The van der Waals surface area contributed by atoms with E-state index >= 15 is 0 Å². The van der Waals surface area contributed by atoms with E-state index in [0.717, 1.165) is 6.07 Å². The number of nitrogens with zero attached hydrogens (tertiary/aromatic N) is 3. The summed E-state index contributed by atoms with van der Waals surface area (Å²) in [5.41, 5.74) is -0.325. The van der Waals surface area contributed by atoms with Crippen molar-refractivity contribution in [2.24, 2.45) is 0 Å². The number of nitriles is 1. The predicted molar refractivity (Wildman–Crippen MR) is 65.8 cm³/mol. The molecule has 18 heavy (non-hydrogen) atoms. The van der Waals surface area contributed by atoms with E-state index in [-0.39, 0.29) is 18.2 Å². The molecule has 0 unspecified atom stereocenters. The molecule has 0 fully saturated rings. The molecule has 0 saturated heterocycles. The summed E-state index contributed by atoms with van der Waals surface area (Å²) in [6.07, 6.45) is 0.228. The smallest absolute Gasteiger partial charge is 0.327 e. The minimum absolute atomic E-state index is 0.0566. The van der Waals surface area contributed by atoms with Crippen LogP contribution in [0, 0.1) is 27.3 Å². The van der Waals surface area contributed by atoms with Crippen molar-refractivity contribution in [1.82, 2.24) is 0 Å². The van der Waals surface area contributed by atoms with Gasteiger partial charge in [0.1, 0.15) is 5.69 Å². The highest BCUT2D eigenvalue weighted by Crippen LogP contribution is 2.31. The van der Waals surface area contributed by atoms with Crippen molar-refractivity contribution < 1.29 is 9.31 Å². The molecule has 0 bridgehead atoms. The second kappa shape index (κ2) is 5.96. The molecule has 0 aliphatic rings. The zero-order valence-corrected chi connectivity index (χ0v) is 10.3. The highest BCUT2D eigenvalue weighted by Gasteiger charge is 2.25. The Morgan fingerprint density at radius 3 is 2.72 bits per heavy atom. The summed E-state index contributed by atoms with van der Waals surface area (Å²) in [7, 11) is 0. The third kappa shape index (κ3) is 2.94. The van der Waals surface area contributed by atoms with Crippen LogP contribution in [0.15, 0.2) is 18.2 Å². The molecule has 1 aromatic rings. The van der Waals surface area contributed by atoms with Gasteiger partial charge in [-0.25, -0.2) is 0 Å². The van der Waals surface area contributed by atoms with Crippen LogP contribution in [0.5, 0.6) is 0 Å². The third-order valence-electron chi connectivity index (χ3n) is 2.55. The molecule has 1 rings (SSSR count). The number of para-hydroxylation sites is 1. The van der Waals surface area contributed by atoms with Crippen molar-refractivity contribution in [2.75, 3.05) is 11.4 Å². The molecule has 0 radical (unpaired) electrons. The summed E-state index contributed by atoms with van der Waals surface area (Å²) in [6, 6.07) is 5.91. The van der Waals surface area contributed by atoms with Crippen LogP contribution in [0.4, 0.5) is 15.8 Å². The number of rotatable bonds is 5. The Morgan fingerprint density at radius 2 is 2.22 bits per heavy atom. The first kappa shape index (κ1) is 13.9. The van der Waals surface area contributed by atoms with E-state index in [4.69, 9.17) is 5.26 Å². The van der Waals surface area contributed by atoms with Gasteiger partial charge >= 0.3 is 5.69 Å². The topological polar surface area (TPSA) is 70.2 Å². The van der Waals surface area contributed by atoms with Crippen molar-refractivity contribution in [3.63, 3.8) is 0 Å². The average molecular weight is 251 g/mol. The number of anilines is 1. The maximum atomic E-state index is 13.5. The summed E-state index contributed by atoms with van der Waals surface area (Å²) >= 11 is 0. The zero-order chi connectivity index (χ0) is 13.7. The van der Waals surface area contributed by atoms with E-state index in [1.54, 1.807) is 4.90 Å². The molecule has 0 heterocycles. The van der Waals surface area contributed by atoms with Gasteiger partial charge in [-0.1, -0.05) is 6.07 Å². The minimum Gasteiger partial charge on any atom is -0.362 e.